The summed E-state index contributed by atoms with van der Waals surface area (Å²) < 4.78 is 16.3. The van der Waals surface area contributed by atoms with Gasteiger partial charge < -0.3 is 14.8 Å². The average molecular weight is 495 g/mol. The van der Waals surface area contributed by atoms with Crippen LogP contribution in [0.4, 0.5) is 4.39 Å². The maximum atomic E-state index is 15.0. The number of nitrogens with zero attached hydrogens (tertiary/aromatic N) is 2. The van der Waals surface area contributed by atoms with Gasteiger partial charge in [0.05, 0.1) is 11.3 Å². The molecular formula is C25H20ClFN4O4. The zero-order chi connectivity index (χ0) is 25.1. The minimum absolute atomic E-state index is 0.103. The van der Waals surface area contributed by atoms with Crippen molar-refractivity contribution in [2.45, 2.75) is 12.3 Å². The molecule has 0 radical (unpaired) electrons. The molecule has 3 N–H and O–H groups in total. The first-order chi connectivity index (χ1) is 16.8. The summed E-state index contributed by atoms with van der Waals surface area (Å²) in [5.74, 6) is -1.11. The summed E-state index contributed by atoms with van der Waals surface area (Å²) in [6, 6.07) is 14.1. The molecule has 0 saturated carbocycles. The van der Waals surface area contributed by atoms with E-state index in [2.05, 4.69) is 15.1 Å². The van der Waals surface area contributed by atoms with Crippen LogP contribution in [0.25, 0.3) is 11.1 Å². The van der Waals surface area contributed by atoms with Crippen LogP contribution in [-0.4, -0.2) is 25.5 Å². The molecule has 2 aromatic carbocycles. The number of nitrogens with one attached hydrogen (secondary N) is 2. The second-order valence-corrected chi connectivity index (χ2v) is 8.38. The molecule has 4 rings (SSSR count). The van der Waals surface area contributed by atoms with E-state index in [1.807, 2.05) is 0 Å². The fourth-order valence-electron chi connectivity index (χ4n) is 3.89. The quantitative estimate of drug-likeness (QED) is 0.215. The molecular weight excluding hydrogens is 475 g/mol. The second-order valence-electron chi connectivity index (χ2n) is 7.94. The number of aryl methyl sites for hydroxylation is 1. The van der Waals surface area contributed by atoms with Gasteiger partial charge in [-0.05, 0) is 34.9 Å². The summed E-state index contributed by atoms with van der Waals surface area (Å²) >= 11 is 5.95. The molecule has 2 aromatic heterocycles. The van der Waals surface area contributed by atoms with E-state index in [1.165, 1.54) is 35.2 Å². The van der Waals surface area contributed by atoms with Gasteiger partial charge in [0.15, 0.2) is 0 Å². The van der Waals surface area contributed by atoms with Gasteiger partial charge in [-0.1, -0.05) is 47.1 Å². The van der Waals surface area contributed by atoms with Crippen molar-refractivity contribution in [2.24, 2.45) is 12.2 Å². The minimum Gasteiger partial charge on any atom is -0.411 e. The summed E-state index contributed by atoms with van der Waals surface area (Å²) in [6.07, 6.45) is 2.97. The van der Waals surface area contributed by atoms with Crippen LogP contribution < -0.4 is 16.8 Å². The summed E-state index contributed by atoms with van der Waals surface area (Å²) in [5.41, 5.74) is 1.22. The zero-order valence-corrected chi connectivity index (χ0v) is 19.2. The van der Waals surface area contributed by atoms with Crippen molar-refractivity contribution in [2.75, 3.05) is 0 Å². The van der Waals surface area contributed by atoms with Gasteiger partial charge in [0.25, 0.3) is 5.56 Å². The van der Waals surface area contributed by atoms with E-state index in [-0.39, 0.29) is 28.3 Å². The lowest BCUT2D eigenvalue weighted by molar-refractivity contribution is 0.317. The average Bonchev–Trinajstić information content (AvgIpc) is 2.83. The SMILES string of the molecule is Cn1cc(/C(CC(c2ccc(-c3c[nH]c(=O)[nH]c3=O)cc2)c2ccc(Cl)cc2F)=N\O)ccc1=O. The number of halogens is 2. The molecule has 0 spiro atoms. The first-order valence-electron chi connectivity index (χ1n) is 10.5. The highest BCUT2D eigenvalue weighted by Gasteiger charge is 2.22. The fourth-order valence-corrected chi connectivity index (χ4v) is 4.04. The van der Waals surface area contributed by atoms with Crippen molar-refractivity contribution < 1.29 is 9.60 Å². The van der Waals surface area contributed by atoms with Crippen molar-refractivity contribution in [3.8, 4) is 11.1 Å². The molecule has 0 bridgehead atoms. The second kappa shape index (κ2) is 9.94. The van der Waals surface area contributed by atoms with Crippen molar-refractivity contribution >= 4 is 17.3 Å². The number of hydrogen-bond donors (Lipinski definition) is 3. The Morgan fingerprint density at radius 3 is 2.49 bits per heavy atom. The van der Waals surface area contributed by atoms with Gasteiger partial charge in [0.2, 0.25) is 5.56 Å². The highest BCUT2D eigenvalue weighted by Crippen LogP contribution is 2.33. The van der Waals surface area contributed by atoms with Crippen LogP contribution in [-0.2, 0) is 7.05 Å². The summed E-state index contributed by atoms with van der Waals surface area (Å²) in [6.45, 7) is 0. The topological polar surface area (TPSA) is 120 Å². The van der Waals surface area contributed by atoms with Crippen molar-refractivity contribution in [1.82, 2.24) is 14.5 Å². The Morgan fingerprint density at radius 1 is 1.11 bits per heavy atom. The largest absolute Gasteiger partial charge is 0.411 e. The highest BCUT2D eigenvalue weighted by molar-refractivity contribution is 6.30. The lowest BCUT2D eigenvalue weighted by Gasteiger charge is -2.20. The van der Waals surface area contributed by atoms with Gasteiger partial charge in [-0.15, -0.1) is 0 Å². The Balaban J connectivity index is 1.77. The lowest BCUT2D eigenvalue weighted by Crippen LogP contribution is -2.22. The van der Waals surface area contributed by atoms with E-state index < -0.39 is 23.0 Å². The molecule has 4 aromatic rings. The molecule has 0 amide bonds. The number of rotatable bonds is 6. The number of aromatic nitrogens is 3. The Bertz CT molecular complexity index is 1590. The van der Waals surface area contributed by atoms with Crippen LogP contribution in [0.5, 0.6) is 0 Å². The normalized spacial score (nSPS) is 12.5. The van der Waals surface area contributed by atoms with Crippen molar-refractivity contribution in [3.63, 3.8) is 0 Å². The number of oxime groups is 1. The van der Waals surface area contributed by atoms with E-state index in [4.69, 9.17) is 11.6 Å². The number of benzene rings is 2. The molecule has 35 heavy (non-hydrogen) atoms. The van der Waals surface area contributed by atoms with Crippen LogP contribution in [0.15, 0.2) is 86.5 Å². The Labute approximate surface area is 203 Å². The smallest absolute Gasteiger partial charge is 0.325 e. The van der Waals surface area contributed by atoms with E-state index >= 15 is 0 Å². The Morgan fingerprint density at radius 2 is 1.86 bits per heavy atom. The van der Waals surface area contributed by atoms with E-state index in [1.54, 1.807) is 43.4 Å². The minimum atomic E-state index is -0.608. The van der Waals surface area contributed by atoms with Crippen LogP contribution in [0.3, 0.4) is 0 Å². The molecule has 0 aliphatic rings. The molecule has 0 fully saturated rings. The maximum absolute atomic E-state index is 15.0. The van der Waals surface area contributed by atoms with Crippen LogP contribution in [0.2, 0.25) is 5.02 Å². The van der Waals surface area contributed by atoms with Crippen LogP contribution >= 0.6 is 11.6 Å². The van der Waals surface area contributed by atoms with Gasteiger partial charge in [0, 0.05) is 48.4 Å². The van der Waals surface area contributed by atoms with Gasteiger partial charge in [-0.3, -0.25) is 14.6 Å². The zero-order valence-electron chi connectivity index (χ0n) is 18.5. The van der Waals surface area contributed by atoms with E-state index in [0.29, 0.717) is 22.3 Å². The third-order valence-corrected chi connectivity index (χ3v) is 5.95. The number of pyridine rings is 1. The van der Waals surface area contributed by atoms with Crippen molar-refractivity contribution in [1.29, 1.82) is 0 Å². The predicted octanol–water partition coefficient (Wildman–Crippen LogP) is 3.62. The molecule has 2 heterocycles. The standard InChI is InChI=1S/C25H20ClFN4O4/c1-31-13-16(6-9-23(31)32)22(30-35)11-19(18-8-7-17(26)10-21(18)27)14-2-4-15(5-3-14)20-12-28-25(34)29-24(20)33/h2-10,12-13,19,35H,11H2,1H3,(H2,28,29,33,34)/b30-22-. The number of H-pyrrole nitrogens is 2. The van der Waals surface area contributed by atoms with Crippen LogP contribution in [0.1, 0.15) is 29.0 Å². The number of hydrogen-bond acceptors (Lipinski definition) is 5. The molecule has 0 aliphatic carbocycles. The van der Waals surface area contributed by atoms with E-state index in [0.717, 1.165) is 0 Å². The summed E-state index contributed by atoms with van der Waals surface area (Å²) in [5, 5.41) is 13.4. The summed E-state index contributed by atoms with van der Waals surface area (Å²) in [7, 11) is 1.58. The first-order valence-corrected chi connectivity index (χ1v) is 10.9. The lowest BCUT2D eigenvalue weighted by atomic mass is 9.85. The maximum Gasteiger partial charge on any atom is 0.325 e. The highest BCUT2D eigenvalue weighted by atomic mass is 35.5. The van der Waals surface area contributed by atoms with E-state index in [9.17, 15) is 24.0 Å². The predicted molar refractivity (Wildman–Crippen MR) is 131 cm³/mol. The third-order valence-electron chi connectivity index (χ3n) is 5.72. The molecule has 0 aliphatic heterocycles. The molecule has 1 atom stereocenters. The van der Waals surface area contributed by atoms with Crippen molar-refractivity contribution in [3.05, 3.63) is 126 Å². The van der Waals surface area contributed by atoms with Gasteiger partial charge in [-0.25, -0.2) is 9.18 Å². The van der Waals surface area contributed by atoms with Gasteiger partial charge in [0.1, 0.15) is 5.82 Å². The fraction of sp³-hybridized carbons (Fsp3) is 0.120. The first kappa shape index (κ1) is 23.9. The van der Waals surface area contributed by atoms with Gasteiger partial charge >= 0.3 is 5.69 Å². The summed E-state index contributed by atoms with van der Waals surface area (Å²) in [4.78, 5) is 39.8. The number of aromatic amines is 2. The monoisotopic (exact) mass is 494 g/mol. The van der Waals surface area contributed by atoms with Crippen LogP contribution in [0, 0.1) is 5.82 Å². The molecule has 8 nitrogen and oxygen atoms in total. The Kier molecular flexibility index (Phi) is 6.79. The molecule has 178 valence electrons. The molecule has 0 saturated heterocycles. The van der Waals surface area contributed by atoms with Gasteiger partial charge in [-0.2, -0.15) is 0 Å². The molecule has 1 unspecified atom stereocenters. The molecule has 10 heteroatoms. The third kappa shape index (κ3) is 5.15. The Hall–Kier alpha value is -4.24.